The molecule has 1 heterocycles. The standard InChI is InChI=1S/C2H5N3/c1-3-2-5-4-1/h1,5H,2H2,(H,3,4)/i1D. The van der Waals surface area contributed by atoms with Crippen LogP contribution in [-0.2, 0) is 0 Å². The minimum atomic E-state index is 0.218. The topological polar surface area (TPSA) is 36.4 Å². The quantitative estimate of drug-likeness (QED) is 0.388. The third-order valence-electron chi connectivity index (χ3n) is 0.381. The van der Waals surface area contributed by atoms with Crippen molar-refractivity contribution >= 4 is 6.31 Å². The van der Waals surface area contributed by atoms with Crippen LogP contribution in [0.15, 0.2) is 5.10 Å². The summed E-state index contributed by atoms with van der Waals surface area (Å²) in [6, 6.07) is 0. The molecule has 5 heavy (non-hydrogen) atoms. The van der Waals surface area contributed by atoms with Gasteiger partial charge < -0.3 is 5.32 Å². The Hall–Kier alpha value is -0.730. The van der Waals surface area contributed by atoms with E-state index >= 15 is 0 Å². The Morgan fingerprint density at radius 1 is 2.20 bits per heavy atom. The molecule has 0 saturated carbocycles. The van der Waals surface area contributed by atoms with Gasteiger partial charge in [0.1, 0.15) is 14.4 Å². The average molecular weight is 72.1 g/mol. The number of nitrogens with one attached hydrogen (secondary N) is 2. The van der Waals surface area contributed by atoms with E-state index in [0.717, 1.165) is 0 Å². The summed E-state index contributed by atoms with van der Waals surface area (Å²) < 4.78 is 6.71. The Morgan fingerprint density at radius 2 is 3.20 bits per heavy atom. The van der Waals surface area contributed by atoms with Crippen LogP contribution in [0.3, 0.4) is 0 Å². The first kappa shape index (κ1) is 1.64. The highest BCUT2D eigenvalue weighted by Crippen LogP contribution is 1.57. The van der Waals surface area contributed by atoms with Gasteiger partial charge in [-0.1, -0.05) is 0 Å². The third-order valence-corrected chi connectivity index (χ3v) is 0.381. The highest BCUT2D eigenvalue weighted by Gasteiger charge is 1.78. The summed E-state index contributed by atoms with van der Waals surface area (Å²) in [6.07, 6.45) is 0.218. The number of hydrazone groups is 1. The Kier molecular flexibility index (Phi) is 0.304. The first-order chi connectivity index (χ1) is 2.89. The third kappa shape index (κ3) is 0.289. The number of hydrogen-bond acceptors (Lipinski definition) is 3. The molecule has 0 aliphatic carbocycles. The maximum Gasteiger partial charge on any atom is 0.110 e. The van der Waals surface area contributed by atoms with Crippen molar-refractivity contribution < 1.29 is 1.37 Å². The van der Waals surface area contributed by atoms with Gasteiger partial charge in [-0.2, -0.15) is 5.10 Å². The Bertz CT molecular complexity index is 78.9. The van der Waals surface area contributed by atoms with Gasteiger partial charge in [0.25, 0.3) is 0 Å². The normalized spacial score (nSPS) is 22.4. The van der Waals surface area contributed by atoms with Crippen LogP contribution in [0.25, 0.3) is 0 Å². The van der Waals surface area contributed by atoms with Crippen molar-refractivity contribution in [1.82, 2.24) is 10.7 Å². The van der Waals surface area contributed by atoms with Crippen molar-refractivity contribution in [3.05, 3.63) is 0 Å². The maximum absolute atomic E-state index is 6.71. The molecule has 0 aromatic carbocycles. The molecule has 0 spiro atoms. The van der Waals surface area contributed by atoms with Crippen LogP contribution in [0.4, 0.5) is 0 Å². The van der Waals surface area contributed by atoms with Gasteiger partial charge in [-0.15, -0.1) is 0 Å². The summed E-state index contributed by atoms with van der Waals surface area (Å²) >= 11 is 0. The molecule has 28 valence electrons. The van der Waals surface area contributed by atoms with Crippen LogP contribution in [-0.4, -0.2) is 13.0 Å². The van der Waals surface area contributed by atoms with Crippen molar-refractivity contribution in [3.8, 4) is 0 Å². The van der Waals surface area contributed by atoms with E-state index in [1.54, 1.807) is 0 Å². The van der Waals surface area contributed by atoms with Gasteiger partial charge in [-0.3, -0.25) is 5.43 Å². The lowest BCUT2D eigenvalue weighted by atomic mass is 11.1. The summed E-state index contributed by atoms with van der Waals surface area (Å²) in [6.45, 7) is 0.596. The molecule has 3 heteroatoms. The van der Waals surface area contributed by atoms with E-state index in [2.05, 4.69) is 15.8 Å². The molecule has 0 saturated heterocycles. The molecule has 3 nitrogen and oxygen atoms in total. The monoisotopic (exact) mass is 72.1 g/mol. The Labute approximate surface area is 31.5 Å². The number of amidine groups is 1. The van der Waals surface area contributed by atoms with E-state index in [1.807, 2.05) is 0 Å². The van der Waals surface area contributed by atoms with E-state index in [9.17, 15) is 0 Å². The van der Waals surface area contributed by atoms with Crippen molar-refractivity contribution in [1.29, 1.82) is 0 Å². The Morgan fingerprint density at radius 3 is 3.40 bits per heavy atom. The van der Waals surface area contributed by atoms with E-state index in [-0.39, 0.29) is 6.31 Å². The summed E-state index contributed by atoms with van der Waals surface area (Å²) in [5.41, 5.74) is 2.56. The van der Waals surface area contributed by atoms with Gasteiger partial charge in [-0.25, -0.2) is 0 Å². The molecular formula is C2H5N3. The number of hydrogen-bond donors (Lipinski definition) is 2. The molecule has 0 radical (unpaired) electrons. The minimum absolute atomic E-state index is 0.218. The van der Waals surface area contributed by atoms with E-state index < -0.39 is 0 Å². The largest absolute Gasteiger partial charge is 0.356 e. The molecule has 1 aliphatic heterocycles. The predicted octanol–water partition coefficient (Wildman–Crippen LogP) is -0.920. The van der Waals surface area contributed by atoms with E-state index in [4.69, 9.17) is 1.37 Å². The van der Waals surface area contributed by atoms with Gasteiger partial charge in [0.05, 0.1) is 0 Å². The molecule has 0 amide bonds. The van der Waals surface area contributed by atoms with Crippen LogP contribution in [0, 0.1) is 0 Å². The number of rotatable bonds is 0. The zero-order valence-corrected chi connectivity index (χ0v) is 2.65. The van der Waals surface area contributed by atoms with Crippen LogP contribution >= 0.6 is 0 Å². The molecule has 1 aliphatic rings. The van der Waals surface area contributed by atoms with Crippen molar-refractivity contribution in [2.45, 2.75) is 0 Å². The SMILES string of the molecule is [2H]C1=NNCN1. The molecule has 0 aromatic heterocycles. The van der Waals surface area contributed by atoms with Gasteiger partial charge in [0, 0.05) is 0 Å². The smallest absolute Gasteiger partial charge is 0.110 e. The van der Waals surface area contributed by atoms with Gasteiger partial charge in [-0.05, 0) is 0 Å². The fourth-order valence-corrected chi connectivity index (χ4v) is 0.198. The lowest BCUT2D eigenvalue weighted by molar-refractivity contribution is 0.773. The zero-order valence-electron chi connectivity index (χ0n) is 3.65. The molecule has 0 fully saturated rings. The van der Waals surface area contributed by atoms with Gasteiger partial charge >= 0.3 is 0 Å². The molecule has 0 aromatic rings. The van der Waals surface area contributed by atoms with Crippen molar-refractivity contribution in [2.75, 3.05) is 6.67 Å². The summed E-state index contributed by atoms with van der Waals surface area (Å²) in [5, 5.41) is 6.08. The Balaban J connectivity index is 2.45. The first-order valence-electron chi connectivity index (χ1n) is 1.90. The van der Waals surface area contributed by atoms with Crippen molar-refractivity contribution in [3.63, 3.8) is 0 Å². The number of nitrogens with zero attached hydrogens (tertiary/aromatic N) is 1. The van der Waals surface area contributed by atoms with Gasteiger partial charge in [0.15, 0.2) is 0 Å². The highest BCUT2D eigenvalue weighted by atomic mass is 15.4. The molecule has 0 bridgehead atoms. The molecular weight excluding hydrogens is 66.0 g/mol. The second kappa shape index (κ2) is 0.924. The fraction of sp³-hybridized carbons (Fsp3) is 0.500. The first-order valence-corrected chi connectivity index (χ1v) is 1.40. The van der Waals surface area contributed by atoms with Crippen LogP contribution in [0.5, 0.6) is 0 Å². The molecule has 1 rings (SSSR count). The van der Waals surface area contributed by atoms with Crippen LogP contribution in [0.2, 0.25) is 0 Å². The molecule has 0 unspecified atom stereocenters. The molecule has 2 N–H and O–H groups in total. The minimum Gasteiger partial charge on any atom is -0.356 e. The van der Waals surface area contributed by atoms with E-state index in [0.29, 0.717) is 6.67 Å². The van der Waals surface area contributed by atoms with Crippen LogP contribution < -0.4 is 10.7 Å². The summed E-state index contributed by atoms with van der Waals surface area (Å²) in [4.78, 5) is 0. The zero-order chi connectivity index (χ0) is 4.41. The average Bonchev–Trinajstić information content (AvgIpc) is 1.86. The van der Waals surface area contributed by atoms with Crippen molar-refractivity contribution in [2.24, 2.45) is 5.10 Å². The highest BCUT2D eigenvalue weighted by molar-refractivity contribution is 5.55. The molecule has 0 atom stereocenters. The summed E-state index contributed by atoms with van der Waals surface area (Å²) in [5.74, 6) is 0. The second-order valence-electron chi connectivity index (χ2n) is 0.735. The fourth-order valence-electron chi connectivity index (χ4n) is 0.198. The maximum atomic E-state index is 6.71. The lowest BCUT2D eigenvalue weighted by Gasteiger charge is -1.79. The summed E-state index contributed by atoms with van der Waals surface area (Å²) in [7, 11) is 0. The van der Waals surface area contributed by atoms with E-state index in [1.165, 1.54) is 0 Å². The van der Waals surface area contributed by atoms with Crippen LogP contribution in [0.1, 0.15) is 1.37 Å². The van der Waals surface area contributed by atoms with Gasteiger partial charge in [0.2, 0.25) is 0 Å². The lowest BCUT2D eigenvalue weighted by Crippen LogP contribution is -2.12. The second-order valence-corrected chi connectivity index (χ2v) is 0.735. The predicted molar refractivity (Wildman–Crippen MR) is 19.6 cm³/mol.